The lowest BCUT2D eigenvalue weighted by atomic mass is 9.56. The highest BCUT2D eigenvalue weighted by Gasteiger charge is 2.30. The van der Waals surface area contributed by atoms with Gasteiger partial charge in [-0.25, -0.2) is 0 Å². The molecule has 68 heavy (non-hydrogen) atoms. The smallest absolute Gasteiger partial charge is 0.145 e. The maximum Gasteiger partial charge on any atom is 0.145 e. The zero-order valence-corrected chi connectivity index (χ0v) is 44.9. The van der Waals surface area contributed by atoms with Crippen molar-refractivity contribution < 1.29 is 4.42 Å². The van der Waals surface area contributed by atoms with E-state index < -0.39 is 0 Å². The van der Waals surface area contributed by atoms with E-state index in [-0.39, 0.29) is 0 Å². The molecule has 0 atom stereocenters. The fraction of sp³-hybridized carbons (Fsp3) is 0. The summed E-state index contributed by atoms with van der Waals surface area (Å²) in [5.74, 6) is 0. The average Bonchev–Trinajstić information content (AvgIpc) is 3.74. The largest absolute Gasteiger partial charge is 0.457 e. The van der Waals surface area contributed by atoms with Gasteiger partial charge in [-0.3, -0.25) is 0 Å². The Bertz CT molecular complexity index is 3930. The molecule has 1 heterocycles. The predicted octanol–water partition coefficient (Wildman–Crippen LogP) is -23.4. The van der Waals surface area contributed by atoms with Crippen LogP contribution in [0.1, 0.15) is 0 Å². The molecule has 0 bridgehead atoms. The van der Waals surface area contributed by atoms with Crippen molar-refractivity contribution in [3.63, 3.8) is 0 Å². The molecule has 0 aliphatic heterocycles. The molecule has 0 unspecified atom stereocenters. The Hall–Kier alpha value is -4.82. The van der Waals surface area contributed by atoms with Crippen LogP contribution in [0.3, 0.4) is 0 Å². The van der Waals surface area contributed by atoms with Crippen molar-refractivity contribution in [2.75, 3.05) is 0 Å². The van der Waals surface area contributed by atoms with Crippen molar-refractivity contribution in [1.82, 2.24) is 0 Å². The number of hydrogen-bond donors (Lipinski definition) is 0. The summed E-state index contributed by atoms with van der Waals surface area (Å²) in [7, 11) is 49.3. The quantitative estimate of drug-likeness (QED) is 0.128. The minimum atomic E-state index is 1.02. The first-order valence-electron chi connectivity index (χ1n) is 25.0. The molecule has 0 radical (unpaired) electrons. The molecule has 302 valence electrons. The monoisotopic (exact) mass is 849 g/mol. The summed E-state index contributed by atoms with van der Waals surface area (Å²) in [6.07, 6.45) is 0. The number of rotatable bonds is 3. The first-order valence-corrected chi connectivity index (χ1v) is 25.0. The van der Waals surface area contributed by atoms with Gasteiger partial charge in [-0.15, -0.1) is 32.8 Å². The van der Waals surface area contributed by atoms with E-state index in [9.17, 15) is 0 Å². The molecule has 10 rings (SSSR count). The van der Waals surface area contributed by atoms with Crippen LogP contribution < -0.4 is 115 Å². The highest BCUT2D eigenvalue weighted by Crippen LogP contribution is 2.40. The van der Waals surface area contributed by atoms with Crippen LogP contribution in [-0.2, 0) is 0 Å². The van der Waals surface area contributed by atoms with Crippen molar-refractivity contribution >= 4 is 345 Å². The third-order valence-electron chi connectivity index (χ3n) is 18.6. The standard InChI is InChI=1S/C46H49B21O/c47-24-18-20(35(58)44(67)43(66)34(18)57)37(60)45-22(24)23-36(59)33(56)21(38(61)46(23)68-45)19-31(54)29(52)17(30(53)32(19)55)12-15-13(25(48)39(62)41(64)27(15)50)11(10-6-5-8-3-1-2-4-9(8)7-10)14-16(12)28(51)42(65)40(63)26(14)49/h1-7H,47-67H2. The number of fused-ring (bicyclic) bond motifs is 7. The van der Waals surface area contributed by atoms with Gasteiger partial charge in [0.15, 0.2) is 0 Å². The molecular weight excluding hydrogens is 796 g/mol. The van der Waals surface area contributed by atoms with Crippen LogP contribution in [0.15, 0.2) is 46.9 Å². The van der Waals surface area contributed by atoms with Crippen LogP contribution in [0.25, 0.3) is 98.4 Å². The highest BCUT2D eigenvalue weighted by molar-refractivity contribution is 6.75. The molecule has 0 aliphatic rings. The normalized spacial score (nSPS) is 11.9. The van der Waals surface area contributed by atoms with Crippen LogP contribution >= 0.6 is 0 Å². The molecule has 22 heteroatoms. The van der Waals surface area contributed by atoms with Crippen molar-refractivity contribution in [1.29, 1.82) is 0 Å². The van der Waals surface area contributed by atoms with Crippen LogP contribution in [-0.4, -0.2) is 165 Å². The third kappa shape index (κ3) is 6.06. The van der Waals surface area contributed by atoms with Gasteiger partial charge in [-0.05, 0) is 93.5 Å². The maximum absolute atomic E-state index is 7.26. The molecule has 0 amide bonds. The molecule has 0 spiro atoms. The molecule has 0 aliphatic carbocycles. The lowest BCUT2D eigenvalue weighted by molar-refractivity contribution is 0.675. The molecule has 0 fully saturated rings. The average molecular weight is 845 g/mol. The Kier molecular flexibility index (Phi) is 11.1. The molecule has 1 nitrogen and oxygen atoms in total. The van der Waals surface area contributed by atoms with Crippen LogP contribution in [0, 0.1) is 0 Å². The summed E-state index contributed by atoms with van der Waals surface area (Å²) in [6.45, 7) is 0. The van der Waals surface area contributed by atoms with Crippen molar-refractivity contribution in [2.24, 2.45) is 0 Å². The summed E-state index contributed by atoms with van der Waals surface area (Å²) in [5, 5.41) is 13.4. The summed E-state index contributed by atoms with van der Waals surface area (Å²) in [5.41, 5.74) is 38.6. The SMILES string of the molecule is Bc1c(B)c(-c2c3c(B)c(B)c(B)c(B)c3c(-c3ccc4ccccc4c3)c3c(B)c(B)c(B)c(B)c23)c(B)c(B)c1-c1c(B)c(B)c2c(oc3c(B)c4c(B)c(B)c(B)c(B)c4c(B)c32)c1B. The summed E-state index contributed by atoms with van der Waals surface area (Å²) >= 11 is 0. The van der Waals surface area contributed by atoms with Gasteiger partial charge in [0.05, 0.1) is 0 Å². The summed E-state index contributed by atoms with van der Waals surface area (Å²) in [4.78, 5) is 0. The van der Waals surface area contributed by atoms with Gasteiger partial charge in [0.1, 0.15) is 176 Å². The van der Waals surface area contributed by atoms with E-state index >= 15 is 0 Å². The van der Waals surface area contributed by atoms with Gasteiger partial charge in [0.2, 0.25) is 0 Å². The molecule has 0 N–H and O–H groups in total. The van der Waals surface area contributed by atoms with E-state index in [2.05, 4.69) is 207 Å². The zero-order valence-electron chi connectivity index (χ0n) is 44.9. The first-order chi connectivity index (χ1) is 32.1. The van der Waals surface area contributed by atoms with Gasteiger partial charge < -0.3 is 4.42 Å². The second-order valence-corrected chi connectivity index (χ2v) is 21.3. The summed E-state index contributed by atoms with van der Waals surface area (Å²) < 4.78 is 7.26. The fourth-order valence-corrected chi connectivity index (χ4v) is 13.4. The number of benzene rings is 9. The Morgan fingerprint density at radius 2 is 0.544 bits per heavy atom. The third-order valence-corrected chi connectivity index (χ3v) is 18.6. The molecule has 0 saturated carbocycles. The predicted molar refractivity (Wildman–Crippen MR) is 372 cm³/mol. The van der Waals surface area contributed by atoms with E-state index in [0.717, 1.165) is 11.2 Å². The molecule has 10 aromatic rings. The van der Waals surface area contributed by atoms with Crippen LogP contribution in [0.2, 0.25) is 0 Å². The maximum atomic E-state index is 7.26. The van der Waals surface area contributed by atoms with Crippen LogP contribution in [0.4, 0.5) is 0 Å². The van der Waals surface area contributed by atoms with Crippen LogP contribution in [0.5, 0.6) is 0 Å². The Morgan fingerprint density at radius 3 is 1.01 bits per heavy atom. The van der Waals surface area contributed by atoms with E-state index in [4.69, 9.17) is 4.42 Å². The van der Waals surface area contributed by atoms with E-state index in [1.165, 1.54) is 202 Å². The van der Waals surface area contributed by atoms with Gasteiger partial charge in [-0.1, -0.05) is 107 Å². The number of furan rings is 1. The zero-order chi connectivity index (χ0) is 49.2. The lowest BCUT2D eigenvalue weighted by Gasteiger charge is -2.31. The van der Waals surface area contributed by atoms with Gasteiger partial charge >= 0.3 is 0 Å². The second kappa shape index (κ2) is 16.1. The minimum absolute atomic E-state index is 1.02. The Balaban J connectivity index is 1.35. The highest BCUT2D eigenvalue weighted by atomic mass is 16.3. The molecular formula is C46H49B21O. The van der Waals surface area contributed by atoms with Gasteiger partial charge in [-0.2, -0.15) is 0 Å². The summed E-state index contributed by atoms with van der Waals surface area (Å²) in [6, 6.07) is 16.0. The topological polar surface area (TPSA) is 13.1 Å². The van der Waals surface area contributed by atoms with Crippen molar-refractivity contribution in [3.05, 3.63) is 42.5 Å². The van der Waals surface area contributed by atoms with Crippen molar-refractivity contribution in [3.8, 4) is 33.4 Å². The molecule has 9 aromatic carbocycles. The van der Waals surface area contributed by atoms with E-state index in [1.807, 2.05) is 0 Å². The molecule has 1 aromatic heterocycles. The van der Waals surface area contributed by atoms with Gasteiger partial charge in [0.25, 0.3) is 0 Å². The lowest BCUT2D eigenvalue weighted by Crippen LogP contribution is -2.51. The van der Waals surface area contributed by atoms with E-state index in [0.29, 0.717) is 0 Å². The van der Waals surface area contributed by atoms with Gasteiger partial charge in [0, 0.05) is 10.8 Å². The number of hydrogen-bond acceptors (Lipinski definition) is 1. The van der Waals surface area contributed by atoms with Crippen molar-refractivity contribution in [2.45, 2.75) is 0 Å². The minimum Gasteiger partial charge on any atom is -0.457 e. The fourth-order valence-electron chi connectivity index (χ4n) is 13.4. The van der Waals surface area contributed by atoms with E-state index in [1.54, 1.807) is 0 Å². The Morgan fingerprint density at radius 1 is 0.221 bits per heavy atom. The Labute approximate surface area is 422 Å². The molecule has 0 saturated heterocycles. The second-order valence-electron chi connectivity index (χ2n) is 21.3. The first kappa shape index (κ1) is 46.9.